The Morgan fingerprint density at radius 3 is 2.40 bits per heavy atom. The van der Waals surface area contributed by atoms with Gasteiger partial charge in [0.05, 0.1) is 18.9 Å². The van der Waals surface area contributed by atoms with Crippen LogP contribution in [0, 0.1) is 0 Å². The first kappa shape index (κ1) is 32.3. The summed E-state index contributed by atoms with van der Waals surface area (Å²) in [4.78, 5) is 18.3. The minimum absolute atomic E-state index is 0. The lowest BCUT2D eigenvalue weighted by molar-refractivity contribution is 0.102. The number of nitrogens with zero attached hydrogens (tertiary/aromatic N) is 1. The fourth-order valence-corrected chi connectivity index (χ4v) is 3.73. The average molecular weight is 529 g/mol. The van der Waals surface area contributed by atoms with E-state index in [2.05, 4.69) is 10.3 Å². The first-order chi connectivity index (χ1) is 16.0. The van der Waals surface area contributed by atoms with Crippen LogP contribution in [0.2, 0.25) is 0 Å². The molecule has 0 aliphatic rings. The Balaban J connectivity index is 0. The summed E-state index contributed by atoms with van der Waals surface area (Å²) in [5.74, 6) is 1.16. The van der Waals surface area contributed by atoms with E-state index < -0.39 is 6.10 Å². The van der Waals surface area contributed by atoms with Crippen molar-refractivity contribution in [1.29, 1.82) is 0 Å². The summed E-state index contributed by atoms with van der Waals surface area (Å²) < 4.78 is 16.7. The minimum Gasteiger partial charge on any atom is -0.488 e. The first-order valence-electron chi connectivity index (χ1n) is 10.5. The molecule has 35 heavy (non-hydrogen) atoms. The Bertz CT molecular complexity index is 1020. The molecule has 3 aromatic rings. The van der Waals surface area contributed by atoms with Crippen LogP contribution >= 0.6 is 23.1 Å². The fraction of sp³-hybridized carbons (Fsp3) is 0.333. The van der Waals surface area contributed by atoms with Crippen molar-refractivity contribution in [1.82, 2.24) is 4.98 Å². The monoisotopic (exact) mass is 528 g/mol. The number of amides is 1. The van der Waals surface area contributed by atoms with Crippen LogP contribution in [0.25, 0.3) is 0 Å². The largest absolute Gasteiger partial charge is 0.488 e. The zero-order chi connectivity index (χ0) is 24.2. The number of thioether (sulfide) groups is 1. The maximum absolute atomic E-state index is 12.8. The molecule has 0 aliphatic heterocycles. The summed E-state index contributed by atoms with van der Waals surface area (Å²) in [6.45, 7) is 5.97. The average Bonchev–Trinajstić information content (AvgIpc) is 3.27. The number of rotatable bonds is 10. The molecule has 196 valence electrons. The number of hydrogen-bond donors (Lipinski definition) is 2. The maximum atomic E-state index is 12.8. The van der Waals surface area contributed by atoms with Crippen molar-refractivity contribution in [3.05, 3.63) is 59.1 Å². The van der Waals surface area contributed by atoms with Crippen LogP contribution < -0.4 is 14.8 Å². The van der Waals surface area contributed by atoms with Crippen molar-refractivity contribution in [2.45, 2.75) is 38.4 Å². The molecule has 1 amide bonds. The van der Waals surface area contributed by atoms with Gasteiger partial charge < -0.3 is 30.3 Å². The van der Waals surface area contributed by atoms with Gasteiger partial charge in [-0.25, -0.2) is 4.98 Å². The lowest BCUT2D eigenvalue weighted by Crippen LogP contribution is -2.17. The third-order valence-corrected chi connectivity index (χ3v) is 5.65. The predicted molar refractivity (Wildman–Crippen MR) is 143 cm³/mol. The van der Waals surface area contributed by atoms with Gasteiger partial charge in [-0.1, -0.05) is 13.8 Å². The molecule has 9 nitrogen and oxygen atoms in total. The summed E-state index contributed by atoms with van der Waals surface area (Å²) in [6.07, 6.45) is 1.58. The summed E-state index contributed by atoms with van der Waals surface area (Å²) in [5, 5.41) is 14.4. The van der Waals surface area contributed by atoms with Gasteiger partial charge in [-0.2, -0.15) is 0 Å². The highest BCUT2D eigenvalue weighted by molar-refractivity contribution is 7.98. The molecule has 2 aromatic carbocycles. The van der Waals surface area contributed by atoms with Gasteiger partial charge in [0.2, 0.25) is 0 Å². The standard InChI is InChI=1S/C22H24N2O5S2.C2H6.2H2O.H2/c1-14(11-25)28-18-8-15(21(26)24-22-23-16(12-27-2)13-31-22)9-19(10-18)29-17-4-6-20(30-3)7-5-17;1-2;;;/h4-10,13-14,25H,11-12H2,1-3H3,(H,23,24,26);1-2H3;2*1H2;1H/t14-;;;;/m0..../s1. The van der Waals surface area contributed by atoms with Gasteiger partial charge in [-0.3, -0.25) is 10.1 Å². The Kier molecular flexibility index (Phi) is 15.6. The molecule has 11 heteroatoms. The molecule has 0 spiro atoms. The predicted octanol–water partition coefficient (Wildman–Crippen LogP) is 4.44. The van der Waals surface area contributed by atoms with E-state index in [0.717, 1.165) is 10.6 Å². The van der Waals surface area contributed by atoms with Gasteiger partial charge in [-0.05, 0) is 49.6 Å². The van der Waals surface area contributed by atoms with Crippen molar-refractivity contribution < 1.29 is 36.5 Å². The Morgan fingerprint density at radius 1 is 1.14 bits per heavy atom. The number of anilines is 1. The number of aliphatic hydroxyl groups excluding tert-OH is 1. The topological polar surface area (TPSA) is 153 Å². The van der Waals surface area contributed by atoms with E-state index in [-0.39, 0.29) is 24.9 Å². The smallest absolute Gasteiger partial charge is 0.257 e. The molecule has 0 unspecified atom stereocenters. The molecular weight excluding hydrogens is 492 g/mol. The van der Waals surface area contributed by atoms with E-state index in [0.29, 0.717) is 34.6 Å². The van der Waals surface area contributed by atoms with Gasteiger partial charge in [-0.15, -0.1) is 23.1 Å². The molecule has 0 fully saturated rings. The van der Waals surface area contributed by atoms with Crippen molar-refractivity contribution in [3.8, 4) is 17.2 Å². The number of hydrogen-bond acceptors (Lipinski definition) is 8. The molecule has 1 heterocycles. The molecule has 0 aliphatic carbocycles. The van der Waals surface area contributed by atoms with Gasteiger partial charge in [0.1, 0.15) is 23.4 Å². The summed E-state index contributed by atoms with van der Waals surface area (Å²) in [6, 6.07) is 12.6. The van der Waals surface area contributed by atoms with Crippen LogP contribution in [0.5, 0.6) is 17.2 Å². The number of methoxy groups -OCH3 is 1. The lowest BCUT2D eigenvalue weighted by Gasteiger charge is -2.15. The summed E-state index contributed by atoms with van der Waals surface area (Å²) >= 11 is 2.96. The second-order valence-corrected chi connectivity index (χ2v) is 8.35. The van der Waals surface area contributed by atoms with Crippen molar-refractivity contribution >= 4 is 34.1 Å². The van der Waals surface area contributed by atoms with Crippen molar-refractivity contribution in [3.63, 3.8) is 0 Å². The van der Waals surface area contributed by atoms with Crippen LogP contribution in [-0.4, -0.2) is 53.0 Å². The third-order valence-electron chi connectivity index (χ3n) is 4.10. The second-order valence-electron chi connectivity index (χ2n) is 6.61. The van der Waals surface area contributed by atoms with Crippen LogP contribution in [0.1, 0.15) is 38.2 Å². The molecule has 3 rings (SSSR count). The normalized spacial score (nSPS) is 10.6. The van der Waals surface area contributed by atoms with Gasteiger partial charge in [0.15, 0.2) is 5.13 Å². The Morgan fingerprint density at radius 2 is 1.80 bits per heavy atom. The first-order valence-corrected chi connectivity index (χ1v) is 12.6. The van der Waals surface area contributed by atoms with E-state index in [1.807, 2.05) is 49.7 Å². The number of carbonyl (C=O) groups excluding carboxylic acids is 1. The van der Waals surface area contributed by atoms with E-state index in [9.17, 15) is 9.90 Å². The molecular formula is C24H36N2O7S2. The number of aliphatic hydroxyl groups is 1. The van der Waals surface area contributed by atoms with Crippen LogP contribution in [0.3, 0.4) is 0 Å². The highest BCUT2D eigenvalue weighted by Gasteiger charge is 2.14. The lowest BCUT2D eigenvalue weighted by atomic mass is 10.2. The molecule has 0 radical (unpaired) electrons. The number of carbonyl (C=O) groups is 1. The van der Waals surface area contributed by atoms with Gasteiger partial charge in [0, 0.05) is 30.4 Å². The van der Waals surface area contributed by atoms with Crippen LogP contribution in [0.15, 0.2) is 52.7 Å². The van der Waals surface area contributed by atoms with Crippen molar-refractivity contribution in [2.24, 2.45) is 0 Å². The number of thiazole rings is 1. The third kappa shape index (κ3) is 10.2. The van der Waals surface area contributed by atoms with E-state index in [1.165, 1.54) is 11.3 Å². The van der Waals surface area contributed by atoms with Crippen LogP contribution in [-0.2, 0) is 11.3 Å². The molecule has 1 atom stereocenters. The zero-order valence-electron chi connectivity index (χ0n) is 20.5. The van der Waals surface area contributed by atoms with E-state index >= 15 is 0 Å². The molecule has 1 aromatic heterocycles. The zero-order valence-corrected chi connectivity index (χ0v) is 22.1. The maximum Gasteiger partial charge on any atom is 0.257 e. The minimum atomic E-state index is -0.428. The number of benzene rings is 2. The molecule has 0 bridgehead atoms. The van der Waals surface area contributed by atoms with Gasteiger partial charge >= 0.3 is 0 Å². The highest BCUT2D eigenvalue weighted by atomic mass is 32.2. The number of nitrogens with one attached hydrogen (secondary N) is 1. The highest BCUT2D eigenvalue weighted by Crippen LogP contribution is 2.30. The van der Waals surface area contributed by atoms with Gasteiger partial charge in [0.25, 0.3) is 5.91 Å². The number of aromatic nitrogens is 1. The number of ether oxygens (including phenoxy) is 3. The quantitative estimate of drug-likeness (QED) is 0.369. The van der Waals surface area contributed by atoms with Crippen molar-refractivity contribution in [2.75, 3.05) is 25.3 Å². The van der Waals surface area contributed by atoms with Crippen LogP contribution in [0.4, 0.5) is 5.13 Å². The fourth-order valence-electron chi connectivity index (χ4n) is 2.63. The summed E-state index contributed by atoms with van der Waals surface area (Å²) in [5.41, 5.74) is 1.09. The molecule has 0 saturated heterocycles. The summed E-state index contributed by atoms with van der Waals surface area (Å²) in [7, 11) is 1.59. The second kappa shape index (κ2) is 16.9. The Labute approximate surface area is 215 Å². The molecule has 6 N–H and O–H groups in total. The van der Waals surface area contributed by atoms with E-state index in [1.54, 1.807) is 44.0 Å². The SMILES string of the molecule is CC.COCc1csc(NC(=O)c2cc(Oc3ccc(SC)cc3)cc(O[C@@H](C)CO)c2)n1.O.O.[HH]. The molecule has 0 saturated carbocycles. The van der Waals surface area contributed by atoms with E-state index in [4.69, 9.17) is 14.2 Å². The Hall–Kier alpha value is -2.67.